The van der Waals surface area contributed by atoms with E-state index in [1.54, 1.807) is 0 Å². The summed E-state index contributed by atoms with van der Waals surface area (Å²) < 4.78 is 0. The Morgan fingerprint density at radius 2 is 2.23 bits per heavy atom. The van der Waals surface area contributed by atoms with Crippen LogP contribution in [0.15, 0.2) is 24.3 Å². The molecule has 69 valence electrons. The highest BCUT2D eigenvalue weighted by atomic mass is 16.3. The van der Waals surface area contributed by atoms with Gasteiger partial charge in [0.15, 0.2) is 0 Å². The van der Waals surface area contributed by atoms with Crippen LogP contribution >= 0.6 is 0 Å². The fraction of sp³-hybridized carbons (Fsp3) is 0.455. The molecule has 1 N–H and O–H groups in total. The first kappa shape index (κ1) is 8.73. The lowest BCUT2D eigenvalue weighted by Crippen LogP contribution is -2.21. The Balaban J connectivity index is 1.92. The van der Waals surface area contributed by atoms with E-state index in [0.717, 1.165) is 26.1 Å². The van der Waals surface area contributed by atoms with Crippen LogP contribution in [0.1, 0.15) is 12.0 Å². The van der Waals surface area contributed by atoms with Crippen molar-refractivity contribution in [1.29, 1.82) is 0 Å². The quantitative estimate of drug-likeness (QED) is 0.728. The van der Waals surface area contributed by atoms with Crippen molar-refractivity contribution in [3.8, 4) is 0 Å². The van der Waals surface area contributed by atoms with Gasteiger partial charge in [0.2, 0.25) is 0 Å². The highest BCUT2D eigenvalue weighted by Gasteiger charge is 2.19. The first-order valence-corrected chi connectivity index (χ1v) is 4.70. The zero-order valence-corrected chi connectivity index (χ0v) is 7.61. The van der Waals surface area contributed by atoms with E-state index < -0.39 is 0 Å². The minimum Gasteiger partial charge on any atom is -0.392 e. The SMILES string of the molecule is O[C@H]1CCN(Cc2cc[c]cc2)C1. The molecule has 0 aromatic heterocycles. The fourth-order valence-corrected chi connectivity index (χ4v) is 1.74. The van der Waals surface area contributed by atoms with Gasteiger partial charge in [0.25, 0.3) is 0 Å². The van der Waals surface area contributed by atoms with E-state index in [2.05, 4.69) is 23.1 Å². The number of hydrogen-bond donors (Lipinski definition) is 1. The summed E-state index contributed by atoms with van der Waals surface area (Å²) >= 11 is 0. The summed E-state index contributed by atoms with van der Waals surface area (Å²) in [7, 11) is 0. The first-order valence-electron chi connectivity index (χ1n) is 4.70. The van der Waals surface area contributed by atoms with E-state index in [-0.39, 0.29) is 6.10 Å². The predicted octanol–water partition coefficient (Wildman–Crippen LogP) is 1.05. The average Bonchev–Trinajstić information content (AvgIpc) is 2.53. The molecule has 1 aromatic rings. The Kier molecular flexibility index (Phi) is 2.62. The Morgan fingerprint density at radius 3 is 2.85 bits per heavy atom. The van der Waals surface area contributed by atoms with Crippen molar-refractivity contribution in [2.45, 2.75) is 19.1 Å². The number of nitrogens with zero attached hydrogens (tertiary/aromatic N) is 1. The molecule has 1 fully saturated rings. The molecule has 0 unspecified atom stereocenters. The number of hydrogen-bond acceptors (Lipinski definition) is 2. The number of likely N-dealkylation sites (tertiary alicyclic amines) is 1. The summed E-state index contributed by atoms with van der Waals surface area (Å²) in [4.78, 5) is 2.28. The summed E-state index contributed by atoms with van der Waals surface area (Å²) in [5.74, 6) is 0. The van der Waals surface area contributed by atoms with Gasteiger partial charge in [-0.1, -0.05) is 24.3 Å². The molecule has 2 heteroatoms. The van der Waals surface area contributed by atoms with Crippen molar-refractivity contribution in [2.24, 2.45) is 0 Å². The maximum absolute atomic E-state index is 9.33. The molecule has 0 saturated carbocycles. The Labute approximate surface area is 78.8 Å². The van der Waals surface area contributed by atoms with Gasteiger partial charge in [0.1, 0.15) is 0 Å². The number of aliphatic hydroxyl groups is 1. The lowest BCUT2D eigenvalue weighted by Gasteiger charge is -2.14. The molecule has 1 aliphatic rings. The number of rotatable bonds is 2. The van der Waals surface area contributed by atoms with Gasteiger partial charge in [-0.2, -0.15) is 0 Å². The molecule has 13 heavy (non-hydrogen) atoms. The maximum Gasteiger partial charge on any atom is 0.0679 e. The zero-order valence-electron chi connectivity index (χ0n) is 7.61. The molecule has 1 heterocycles. The van der Waals surface area contributed by atoms with E-state index in [1.165, 1.54) is 5.56 Å². The van der Waals surface area contributed by atoms with E-state index in [4.69, 9.17) is 0 Å². The second kappa shape index (κ2) is 3.90. The molecule has 0 amide bonds. The molecule has 1 atom stereocenters. The van der Waals surface area contributed by atoms with Crippen LogP contribution in [0.5, 0.6) is 0 Å². The fourth-order valence-electron chi connectivity index (χ4n) is 1.74. The predicted molar refractivity (Wildman–Crippen MR) is 51.2 cm³/mol. The largest absolute Gasteiger partial charge is 0.392 e. The summed E-state index contributed by atoms with van der Waals surface area (Å²) in [6.45, 7) is 2.78. The molecular formula is C11H14NO. The number of β-amino-alcohol motifs (C(OH)–C–C–N with tert-alkyl or cyclic N) is 1. The van der Waals surface area contributed by atoms with Crippen LogP contribution in [0.2, 0.25) is 0 Å². The Morgan fingerprint density at radius 1 is 1.46 bits per heavy atom. The normalized spacial score (nSPS) is 23.6. The monoisotopic (exact) mass is 176 g/mol. The molecule has 2 nitrogen and oxygen atoms in total. The average molecular weight is 176 g/mol. The molecule has 1 radical (unpaired) electrons. The highest BCUT2D eigenvalue weighted by Crippen LogP contribution is 2.12. The van der Waals surface area contributed by atoms with Crippen LogP contribution in [0.3, 0.4) is 0 Å². The van der Waals surface area contributed by atoms with E-state index in [0.29, 0.717) is 0 Å². The van der Waals surface area contributed by atoms with Crippen molar-refractivity contribution < 1.29 is 5.11 Å². The number of aliphatic hydroxyl groups excluding tert-OH is 1. The van der Waals surface area contributed by atoms with Crippen molar-refractivity contribution in [2.75, 3.05) is 13.1 Å². The van der Waals surface area contributed by atoms with Gasteiger partial charge in [-0.3, -0.25) is 4.90 Å². The first-order chi connectivity index (χ1) is 6.34. The zero-order chi connectivity index (χ0) is 9.10. The molecule has 0 aliphatic carbocycles. The molecule has 0 spiro atoms. The van der Waals surface area contributed by atoms with Crippen LogP contribution in [-0.2, 0) is 6.54 Å². The summed E-state index contributed by atoms with van der Waals surface area (Å²) in [5, 5.41) is 9.33. The van der Waals surface area contributed by atoms with E-state index in [1.807, 2.05) is 12.1 Å². The van der Waals surface area contributed by atoms with Gasteiger partial charge in [-0.25, -0.2) is 0 Å². The third kappa shape index (κ3) is 2.29. The van der Waals surface area contributed by atoms with Crippen LogP contribution in [0, 0.1) is 6.07 Å². The van der Waals surface area contributed by atoms with Crippen LogP contribution in [0.25, 0.3) is 0 Å². The lowest BCUT2D eigenvalue weighted by atomic mass is 10.2. The Hall–Kier alpha value is -0.860. The molecule has 0 bridgehead atoms. The van der Waals surface area contributed by atoms with Crippen molar-refractivity contribution in [3.05, 3.63) is 35.9 Å². The van der Waals surface area contributed by atoms with Gasteiger partial charge >= 0.3 is 0 Å². The van der Waals surface area contributed by atoms with Crippen molar-refractivity contribution in [1.82, 2.24) is 4.90 Å². The molecule has 1 saturated heterocycles. The molecule has 1 aromatic carbocycles. The van der Waals surface area contributed by atoms with E-state index >= 15 is 0 Å². The lowest BCUT2D eigenvalue weighted by molar-refractivity contribution is 0.175. The third-order valence-electron chi connectivity index (χ3n) is 2.44. The summed E-state index contributed by atoms with van der Waals surface area (Å²) in [6.07, 6.45) is 0.800. The van der Waals surface area contributed by atoms with Gasteiger partial charge in [-0.15, -0.1) is 0 Å². The van der Waals surface area contributed by atoms with E-state index in [9.17, 15) is 5.11 Å². The second-order valence-corrected chi connectivity index (χ2v) is 3.59. The standard InChI is InChI=1S/C11H14NO/c13-11-6-7-12(9-11)8-10-4-2-1-3-5-10/h2-5,11,13H,6-9H2/t11-/m0/s1. The smallest absolute Gasteiger partial charge is 0.0679 e. The topological polar surface area (TPSA) is 23.5 Å². The van der Waals surface area contributed by atoms with Crippen LogP contribution in [-0.4, -0.2) is 29.2 Å². The summed E-state index contributed by atoms with van der Waals surface area (Å²) in [5.41, 5.74) is 1.30. The van der Waals surface area contributed by atoms with Crippen molar-refractivity contribution in [3.63, 3.8) is 0 Å². The van der Waals surface area contributed by atoms with Crippen molar-refractivity contribution >= 4 is 0 Å². The maximum atomic E-state index is 9.33. The minimum absolute atomic E-state index is 0.115. The minimum atomic E-state index is -0.115. The molecule has 1 aliphatic heterocycles. The summed E-state index contributed by atoms with van der Waals surface area (Å²) in [6, 6.07) is 11.0. The second-order valence-electron chi connectivity index (χ2n) is 3.59. The third-order valence-corrected chi connectivity index (χ3v) is 2.44. The van der Waals surface area contributed by atoms with Gasteiger partial charge in [0.05, 0.1) is 6.10 Å². The van der Waals surface area contributed by atoms with Crippen LogP contribution < -0.4 is 0 Å². The number of benzene rings is 1. The van der Waals surface area contributed by atoms with Crippen LogP contribution in [0.4, 0.5) is 0 Å². The molecule has 2 rings (SSSR count). The highest BCUT2D eigenvalue weighted by molar-refractivity contribution is 5.13. The van der Waals surface area contributed by atoms with Gasteiger partial charge in [-0.05, 0) is 18.1 Å². The molecular weight excluding hydrogens is 162 g/mol. The Bertz CT molecular complexity index is 260. The van der Waals surface area contributed by atoms with Gasteiger partial charge in [0, 0.05) is 19.6 Å². The van der Waals surface area contributed by atoms with Gasteiger partial charge < -0.3 is 5.11 Å².